The van der Waals surface area contributed by atoms with Crippen molar-refractivity contribution in [3.05, 3.63) is 53.4 Å². The molecule has 0 aliphatic heterocycles. The molecule has 108 valence electrons. The molecule has 0 radical (unpaired) electrons. The highest BCUT2D eigenvalue weighted by Crippen LogP contribution is 2.09. The molecule has 1 heterocycles. The van der Waals surface area contributed by atoms with Gasteiger partial charge >= 0.3 is 0 Å². The fourth-order valence-electron chi connectivity index (χ4n) is 1.75. The largest absolute Gasteiger partial charge is 0.307 e. The maximum absolute atomic E-state index is 13.3. The highest BCUT2D eigenvalue weighted by atomic mass is 19.3. The zero-order chi connectivity index (χ0) is 14.5. The Kier molecular flexibility index (Phi) is 4.73. The third kappa shape index (κ3) is 4.06. The molecular formula is C13H13F4N3. The first-order valence-electron chi connectivity index (χ1n) is 5.99. The molecule has 0 fully saturated rings. The second-order valence-corrected chi connectivity index (χ2v) is 4.26. The lowest BCUT2D eigenvalue weighted by molar-refractivity contribution is 0.121. The molecule has 0 bridgehead atoms. The minimum atomic E-state index is -2.46. The molecule has 7 heteroatoms. The van der Waals surface area contributed by atoms with Gasteiger partial charge in [-0.1, -0.05) is 0 Å². The van der Waals surface area contributed by atoms with Gasteiger partial charge in [-0.15, -0.1) is 0 Å². The number of benzene rings is 1. The number of hydrogen-bond donors (Lipinski definition) is 1. The Bertz CT molecular complexity index is 568. The van der Waals surface area contributed by atoms with E-state index >= 15 is 0 Å². The van der Waals surface area contributed by atoms with E-state index in [2.05, 4.69) is 10.4 Å². The average molecular weight is 287 g/mol. The van der Waals surface area contributed by atoms with E-state index in [1.165, 1.54) is 6.20 Å². The maximum atomic E-state index is 13.3. The number of hydrogen-bond acceptors (Lipinski definition) is 2. The molecule has 0 aliphatic rings. The maximum Gasteiger partial charge on any atom is 0.257 e. The van der Waals surface area contributed by atoms with Gasteiger partial charge in [0, 0.05) is 24.8 Å². The lowest BCUT2D eigenvalue weighted by atomic mass is 10.2. The molecule has 3 nitrogen and oxygen atoms in total. The second kappa shape index (κ2) is 6.51. The number of nitrogens with zero attached hydrogens (tertiary/aromatic N) is 2. The number of rotatable bonds is 6. The van der Waals surface area contributed by atoms with Crippen LogP contribution in [0.15, 0.2) is 30.5 Å². The Balaban J connectivity index is 1.86. The minimum Gasteiger partial charge on any atom is -0.307 e. The zero-order valence-electron chi connectivity index (χ0n) is 10.5. The van der Waals surface area contributed by atoms with E-state index in [0.29, 0.717) is 5.69 Å². The van der Waals surface area contributed by atoms with Gasteiger partial charge in [-0.05, 0) is 24.3 Å². The quantitative estimate of drug-likeness (QED) is 0.828. The number of alkyl halides is 2. The van der Waals surface area contributed by atoms with Crippen molar-refractivity contribution < 1.29 is 17.6 Å². The molecule has 0 aliphatic carbocycles. The van der Waals surface area contributed by atoms with Crippen molar-refractivity contribution in [1.29, 1.82) is 0 Å². The summed E-state index contributed by atoms with van der Waals surface area (Å²) in [6.45, 7) is -0.0456. The molecule has 0 saturated heterocycles. The SMILES string of the molecule is Fc1ccc(F)c(CNCc2ccn(CC(F)F)n2)c1. The van der Waals surface area contributed by atoms with Crippen molar-refractivity contribution in [2.75, 3.05) is 0 Å². The van der Waals surface area contributed by atoms with Crippen LogP contribution in [0.5, 0.6) is 0 Å². The van der Waals surface area contributed by atoms with Gasteiger partial charge in [0.05, 0.1) is 5.69 Å². The molecule has 0 atom stereocenters. The fraction of sp³-hybridized carbons (Fsp3) is 0.308. The number of aromatic nitrogens is 2. The van der Waals surface area contributed by atoms with Crippen molar-refractivity contribution in [2.45, 2.75) is 26.1 Å². The van der Waals surface area contributed by atoms with Crippen LogP contribution >= 0.6 is 0 Å². The first-order chi connectivity index (χ1) is 9.54. The summed E-state index contributed by atoms with van der Waals surface area (Å²) in [6, 6.07) is 4.81. The lowest BCUT2D eigenvalue weighted by Crippen LogP contribution is -2.15. The van der Waals surface area contributed by atoms with E-state index in [-0.39, 0.29) is 18.7 Å². The van der Waals surface area contributed by atoms with Crippen LogP contribution in [0.3, 0.4) is 0 Å². The summed E-state index contributed by atoms with van der Waals surface area (Å²) in [5.41, 5.74) is 0.763. The highest BCUT2D eigenvalue weighted by molar-refractivity contribution is 5.18. The summed E-state index contributed by atoms with van der Waals surface area (Å²) in [7, 11) is 0. The summed E-state index contributed by atoms with van der Waals surface area (Å²) in [4.78, 5) is 0. The molecule has 2 aromatic rings. The molecule has 0 unspecified atom stereocenters. The van der Waals surface area contributed by atoms with Gasteiger partial charge in [-0.3, -0.25) is 4.68 Å². The molecule has 1 aromatic carbocycles. The van der Waals surface area contributed by atoms with Crippen LogP contribution < -0.4 is 5.32 Å². The van der Waals surface area contributed by atoms with E-state index in [4.69, 9.17) is 0 Å². The molecule has 1 aromatic heterocycles. The van der Waals surface area contributed by atoms with Gasteiger partial charge in [0.1, 0.15) is 18.2 Å². The van der Waals surface area contributed by atoms with Crippen LogP contribution in [0.2, 0.25) is 0 Å². The van der Waals surface area contributed by atoms with E-state index in [0.717, 1.165) is 22.9 Å². The lowest BCUT2D eigenvalue weighted by Gasteiger charge is -2.05. The fourth-order valence-corrected chi connectivity index (χ4v) is 1.75. The third-order valence-corrected chi connectivity index (χ3v) is 2.65. The van der Waals surface area contributed by atoms with Crippen LogP contribution in [0, 0.1) is 11.6 Å². The van der Waals surface area contributed by atoms with Gasteiger partial charge < -0.3 is 5.32 Å². The van der Waals surface area contributed by atoms with E-state index in [9.17, 15) is 17.6 Å². The Labute approximate surface area is 113 Å². The van der Waals surface area contributed by atoms with E-state index in [1.807, 2.05) is 0 Å². The molecule has 1 N–H and O–H groups in total. The summed E-state index contributed by atoms with van der Waals surface area (Å²) in [5.74, 6) is -1.01. The Morgan fingerprint density at radius 3 is 2.70 bits per heavy atom. The van der Waals surface area contributed by atoms with Gasteiger partial charge in [0.25, 0.3) is 6.43 Å². The first-order valence-corrected chi connectivity index (χ1v) is 5.99. The molecule has 0 saturated carbocycles. The summed E-state index contributed by atoms with van der Waals surface area (Å²) in [6.07, 6.45) is -1.01. The zero-order valence-corrected chi connectivity index (χ0v) is 10.5. The van der Waals surface area contributed by atoms with Gasteiger partial charge in [-0.2, -0.15) is 5.10 Å². The molecule has 2 rings (SSSR count). The topological polar surface area (TPSA) is 29.9 Å². The second-order valence-electron chi connectivity index (χ2n) is 4.26. The van der Waals surface area contributed by atoms with Crippen LogP contribution in [0.1, 0.15) is 11.3 Å². The van der Waals surface area contributed by atoms with Gasteiger partial charge in [-0.25, -0.2) is 17.6 Å². The Hall–Kier alpha value is -1.89. The molecule has 20 heavy (non-hydrogen) atoms. The van der Waals surface area contributed by atoms with Crippen molar-refractivity contribution in [3.8, 4) is 0 Å². The van der Waals surface area contributed by atoms with Crippen molar-refractivity contribution >= 4 is 0 Å². The predicted molar refractivity (Wildman–Crippen MR) is 65.1 cm³/mol. The summed E-state index contributed by atoms with van der Waals surface area (Å²) < 4.78 is 51.7. The summed E-state index contributed by atoms with van der Waals surface area (Å²) in [5, 5.41) is 6.81. The smallest absolute Gasteiger partial charge is 0.257 e. The summed E-state index contributed by atoms with van der Waals surface area (Å²) >= 11 is 0. The average Bonchev–Trinajstić information content (AvgIpc) is 2.80. The molecular weight excluding hydrogens is 274 g/mol. The number of nitrogens with one attached hydrogen (secondary N) is 1. The van der Waals surface area contributed by atoms with Crippen molar-refractivity contribution in [1.82, 2.24) is 15.1 Å². The van der Waals surface area contributed by atoms with Gasteiger partial charge in [0.15, 0.2) is 0 Å². The Morgan fingerprint density at radius 1 is 1.15 bits per heavy atom. The van der Waals surface area contributed by atoms with Crippen molar-refractivity contribution in [3.63, 3.8) is 0 Å². The standard InChI is InChI=1S/C13H13F4N3/c14-10-1-2-12(15)9(5-10)6-18-7-11-3-4-20(19-11)8-13(16)17/h1-5,13,18H,6-8H2. The van der Waals surface area contributed by atoms with Crippen LogP contribution in [-0.4, -0.2) is 16.2 Å². The highest BCUT2D eigenvalue weighted by Gasteiger charge is 2.07. The predicted octanol–water partition coefficient (Wildman–Crippen LogP) is 2.72. The molecule has 0 spiro atoms. The van der Waals surface area contributed by atoms with Gasteiger partial charge in [0.2, 0.25) is 0 Å². The Morgan fingerprint density at radius 2 is 1.95 bits per heavy atom. The van der Waals surface area contributed by atoms with Crippen LogP contribution in [0.25, 0.3) is 0 Å². The van der Waals surface area contributed by atoms with E-state index < -0.39 is 24.6 Å². The van der Waals surface area contributed by atoms with Crippen LogP contribution in [-0.2, 0) is 19.6 Å². The minimum absolute atomic E-state index is 0.130. The van der Waals surface area contributed by atoms with E-state index in [1.54, 1.807) is 6.07 Å². The van der Waals surface area contributed by atoms with Crippen molar-refractivity contribution in [2.24, 2.45) is 0 Å². The monoisotopic (exact) mass is 287 g/mol. The number of halogens is 4. The third-order valence-electron chi connectivity index (χ3n) is 2.65. The molecule has 0 amide bonds. The van der Waals surface area contributed by atoms with Crippen LogP contribution in [0.4, 0.5) is 17.6 Å². The first kappa shape index (κ1) is 14.5. The normalized spacial score (nSPS) is 11.2.